The SMILES string of the molecule is Cc1cc2cc(C(=O)N3CCC[C@@H]3c3ccncn3)ccc2o1. The molecule has 1 atom stereocenters. The predicted molar refractivity (Wildman–Crippen MR) is 86.0 cm³/mol. The highest BCUT2D eigenvalue weighted by atomic mass is 16.3. The molecule has 1 aliphatic heterocycles. The average molecular weight is 307 g/mol. The molecule has 0 spiro atoms. The van der Waals surface area contributed by atoms with Crippen molar-refractivity contribution in [2.45, 2.75) is 25.8 Å². The summed E-state index contributed by atoms with van der Waals surface area (Å²) in [6.45, 7) is 2.67. The lowest BCUT2D eigenvalue weighted by molar-refractivity contribution is 0.0733. The molecule has 0 aliphatic carbocycles. The third-order valence-electron chi connectivity index (χ3n) is 4.35. The molecule has 0 bridgehead atoms. The lowest BCUT2D eigenvalue weighted by Gasteiger charge is -2.24. The van der Waals surface area contributed by atoms with Gasteiger partial charge < -0.3 is 9.32 Å². The molecule has 116 valence electrons. The summed E-state index contributed by atoms with van der Waals surface area (Å²) < 4.78 is 5.58. The summed E-state index contributed by atoms with van der Waals surface area (Å²) in [5.74, 6) is 0.900. The molecule has 1 aromatic carbocycles. The van der Waals surface area contributed by atoms with Crippen molar-refractivity contribution in [3.63, 3.8) is 0 Å². The first-order chi connectivity index (χ1) is 11.2. The predicted octanol–water partition coefficient (Wildman–Crippen LogP) is 3.51. The molecule has 1 fully saturated rings. The van der Waals surface area contributed by atoms with Crippen LogP contribution in [-0.4, -0.2) is 27.3 Å². The van der Waals surface area contributed by atoms with Crippen molar-refractivity contribution >= 4 is 16.9 Å². The number of furan rings is 1. The van der Waals surface area contributed by atoms with E-state index in [9.17, 15) is 4.79 Å². The van der Waals surface area contributed by atoms with Crippen molar-refractivity contribution in [1.29, 1.82) is 0 Å². The van der Waals surface area contributed by atoms with E-state index in [0.29, 0.717) is 5.56 Å². The Bertz CT molecular complexity index is 857. The van der Waals surface area contributed by atoms with Crippen molar-refractivity contribution in [3.8, 4) is 0 Å². The lowest BCUT2D eigenvalue weighted by Crippen LogP contribution is -2.30. The Morgan fingerprint density at radius 1 is 1.30 bits per heavy atom. The number of carbonyl (C=O) groups is 1. The number of hydrogen-bond donors (Lipinski definition) is 0. The van der Waals surface area contributed by atoms with Crippen LogP contribution in [0.25, 0.3) is 11.0 Å². The molecule has 1 saturated heterocycles. The molecule has 23 heavy (non-hydrogen) atoms. The summed E-state index contributed by atoms with van der Waals surface area (Å²) in [7, 11) is 0. The Morgan fingerprint density at radius 2 is 2.22 bits per heavy atom. The molecule has 2 aromatic heterocycles. The summed E-state index contributed by atoms with van der Waals surface area (Å²) in [6.07, 6.45) is 5.20. The number of rotatable bonds is 2. The molecule has 1 aliphatic rings. The van der Waals surface area contributed by atoms with Crippen LogP contribution < -0.4 is 0 Å². The monoisotopic (exact) mass is 307 g/mol. The smallest absolute Gasteiger partial charge is 0.254 e. The highest BCUT2D eigenvalue weighted by Crippen LogP contribution is 2.32. The fraction of sp³-hybridized carbons (Fsp3) is 0.278. The topological polar surface area (TPSA) is 59.2 Å². The molecule has 0 unspecified atom stereocenters. The summed E-state index contributed by atoms with van der Waals surface area (Å²) in [5, 5.41) is 0.964. The average Bonchev–Trinajstić information content (AvgIpc) is 3.19. The standard InChI is InChI=1S/C18H17N3O2/c1-12-9-14-10-13(4-5-17(14)23-12)18(22)21-8-2-3-16(21)15-6-7-19-11-20-15/h4-7,9-11,16H,2-3,8H2,1H3/t16-/m1/s1. The summed E-state index contributed by atoms with van der Waals surface area (Å²) in [4.78, 5) is 23.1. The second kappa shape index (κ2) is 5.50. The van der Waals surface area contributed by atoms with Gasteiger partial charge >= 0.3 is 0 Å². The van der Waals surface area contributed by atoms with Gasteiger partial charge in [-0.05, 0) is 50.1 Å². The number of benzene rings is 1. The van der Waals surface area contributed by atoms with Crippen molar-refractivity contribution in [1.82, 2.24) is 14.9 Å². The van der Waals surface area contributed by atoms with Gasteiger partial charge in [-0.1, -0.05) is 0 Å². The minimum atomic E-state index is 0.0345. The number of fused-ring (bicyclic) bond motifs is 1. The molecule has 5 heteroatoms. The third kappa shape index (κ3) is 2.48. The van der Waals surface area contributed by atoms with E-state index < -0.39 is 0 Å². The fourth-order valence-corrected chi connectivity index (χ4v) is 3.29. The highest BCUT2D eigenvalue weighted by molar-refractivity contribution is 5.98. The van der Waals surface area contributed by atoms with Crippen molar-refractivity contribution in [3.05, 3.63) is 59.9 Å². The van der Waals surface area contributed by atoms with Crippen LogP contribution in [0.5, 0.6) is 0 Å². The van der Waals surface area contributed by atoms with Crippen LogP contribution >= 0.6 is 0 Å². The summed E-state index contributed by atoms with van der Waals surface area (Å²) in [5.41, 5.74) is 2.41. The molecule has 0 saturated carbocycles. The van der Waals surface area contributed by atoms with Gasteiger partial charge in [-0.2, -0.15) is 0 Å². The zero-order valence-corrected chi connectivity index (χ0v) is 12.9. The number of aromatic nitrogens is 2. The molecule has 0 radical (unpaired) electrons. The second-order valence-electron chi connectivity index (χ2n) is 5.90. The van der Waals surface area contributed by atoms with Crippen molar-refractivity contribution < 1.29 is 9.21 Å². The zero-order chi connectivity index (χ0) is 15.8. The normalized spacial score (nSPS) is 17.8. The minimum absolute atomic E-state index is 0.0345. The van der Waals surface area contributed by atoms with Gasteiger partial charge in [-0.25, -0.2) is 9.97 Å². The Hall–Kier alpha value is -2.69. The van der Waals surface area contributed by atoms with E-state index in [4.69, 9.17) is 4.42 Å². The summed E-state index contributed by atoms with van der Waals surface area (Å²) >= 11 is 0. The van der Waals surface area contributed by atoms with E-state index in [2.05, 4.69) is 9.97 Å². The van der Waals surface area contributed by atoms with Gasteiger partial charge in [0.15, 0.2) is 0 Å². The van der Waals surface area contributed by atoms with E-state index in [1.165, 1.54) is 6.33 Å². The number of hydrogen-bond acceptors (Lipinski definition) is 4. The molecule has 4 rings (SSSR count). The van der Waals surface area contributed by atoms with Crippen LogP contribution in [0, 0.1) is 6.92 Å². The maximum absolute atomic E-state index is 12.9. The van der Waals surface area contributed by atoms with Gasteiger partial charge in [0.05, 0.1) is 11.7 Å². The van der Waals surface area contributed by atoms with E-state index >= 15 is 0 Å². The maximum atomic E-state index is 12.9. The third-order valence-corrected chi connectivity index (χ3v) is 4.35. The van der Waals surface area contributed by atoms with Gasteiger partial charge in [-0.15, -0.1) is 0 Å². The Morgan fingerprint density at radius 3 is 3.04 bits per heavy atom. The Kier molecular flexibility index (Phi) is 3.33. The first-order valence-electron chi connectivity index (χ1n) is 7.79. The Labute approximate surface area is 134 Å². The lowest BCUT2D eigenvalue weighted by atomic mass is 10.1. The van der Waals surface area contributed by atoms with E-state index in [0.717, 1.165) is 41.8 Å². The molecule has 3 aromatic rings. The molecule has 0 N–H and O–H groups in total. The molecular weight excluding hydrogens is 290 g/mol. The number of aryl methyl sites for hydroxylation is 1. The minimum Gasteiger partial charge on any atom is -0.461 e. The number of likely N-dealkylation sites (tertiary alicyclic amines) is 1. The molecule has 1 amide bonds. The van der Waals surface area contributed by atoms with Gasteiger partial charge in [0, 0.05) is 23.7 Å². The van der Waals surface area contributed by atoms with Crippen LogP contribution in [-0.2, 0) is 0 Å². The van der Waals surface area contributed by atoms with Crippen LogP contribution in [0.2, 0.25) is 0 Å². The van der Waals surface area contributed by atoms with Crippen LogP contribution in [0.15, 0.2) is 47.3 Å². The van der Waals surface area contributed by atoms with Crippen LogP contribution in [0.4, 0.5) is 0 Å². The first-order valence-corrected chi connectivity index (χ1v) is 7.79. The second-order valence-corrected chi connectivity index (χ2v) is 5.90. The molecule has 5 nitrogen and oxygen atoms in total. The van der Waals surface area contributed by atoms with Crippen molar-refractivity contribution in [2.75, 3.05) is 6.54 Å². The number of carbonyl (C=O) groups excluding carboxylic acids is 1. The largest absolute Gasteiger partial charge is 0.461 e. The van der Waals surface area contributed by atoms with Gasteiger partial charge in [0.2, 0.25) is 0 Å². The summed E-state index contributed by atoms with van der Waals surface area (Å²) in [6, 6.07) is 9.49. The van der Waals surface area contributed by atoms with E-state index in [1.807, 2.05) is 42.2 Å². The number of nitrogens with zero attached hydrogens (tertiary/aromatic N) is 3. The highest BCUT2D eigenvalue weighted by Gasteiger charge is 2.31. The van der Waals surface area contributed by atoms with Crippen molar-refractivity contribution in [2.24, 2.45) is 0 Å². The Balaban J connectivity index is 1.66. The quantitative estimate of drug-likeness (QED) is 0.727. The van der Waals surface area contributed by atoms with Crippen LogP contribution in [0.1, 0.15) is 40.7 Å². The molecular formula is C18H17N3O2. The molecule has 3 heterocycles. The first kappa shape index (κ1) is 13.9. The van der Waals surface area contributed by atoms with E-state index in [-0.39, 0.29) is 11.9 Å². The van der Waals surface area contributed by atoms with Gasteiger partial charge in [-0.3, -0.25) is 4.79 Å². The van der Waals surface area contributed by atoms with Gasteiger partial charge in [0.25, 0.3) is 5.91 Å². The van der Waals surface area contributed by atoms with Gasteiger partial charge in [0.1, 0.15) is 17.7 Å². The maximum Gasteiger partial charge on any atom is 0.254 e. The number of amides is 1. The van der Waals surface area contributed by atoms with E-state index in [1.54, 1.807) is 6.20 Å². The fourth-order valence-electron chi connectivity index (χ4n) is 3.29. The zero-order valence-electron chi connectivity index (χ0n) is 12.9. The van der Waals surface area contributed by atoms with Crippen LogP contribution in [0.3, 0.4) is 0 Å².